The fraction of sp³-hybridized carbons (Fsp3) is 0.200. The van der Waals surface area contributed by atoms with Crippen LogP contribution >= 0.6 is 23.2 Å². The normalized spacial score (nSPS) is 11.8. The number of carbonyl (C=O) groups excluding carboxylic acids is 1. The lowest BCUT2D eigenvalue weighted by Crippen LogP contribution is -2.31. The summed E-state index contributed by atoms with van der Waals surface area (Å²) >= 11 is 11.7. The van der Waals surface area contributed by atoms with E-state index in [1.807, 2.05) is 19.1 Å². The molecule has 21 heavy (non-hydrogen) atoms. The van der Waals surface area contributed by atoms with Gasteiger partial charge in [-0.3, -0.25) is 9.78 Å². The van der Waals surface area contributed by atoms with Gasteiger partial charge in [0, 0.05) is 18.5 Å². The standard InChI is InChI=1S/C15H14Cl2N2O2/c1-10(11-4-6-18-7-5-11)19-15(20)9-21-12-2-3-13(16)14(17)8-12/h2-8,10H,9H2,1H3,(H,19,20). The lowest BCUT2D eigenvalue weighted by Gasteiger charge is -2.14. The maximum Gasteiger partial charge on any atom is 0.258 e. The summed E-state index contributed by atoms with van der Waals surface area (Å²) in [6, 6.07) is 8.45. The number of hydrogen-bond acceptors (Lipinski definition) is 3. The van der Waals surface area contributed by atoms with Gasteiger partial charge in [-0.1, -0.05) is 23.2 Å². The van der Waals surface area contributed by atoms with E-state index >= 15 is 0 Å². The highest BCUT2D eigenvalue weighted by Gasteiger charge is 2.10. The van der Waals surface area contributed by atoms with Gasteiger partial charge in [0.25, 0.3) is 5.91 Å². The van der Waals surface area contributed by atoms with Crippen LogP contribution in [0, 0.1) is 0 Å². The Balaban J connectivity index is 1.86. The fourth-order valence-electron chi connectivity index (χ4n) is 1.73. The van der Waals surface area contributed by atoms with Crippen LogP contribution in [0.25, 0.3) is 0 Å². The highest BCUT2D eigenvalue weighted by Crippen LogP contribution is 2.26. The van der Waals surface area contributed by atoms with Crippen molar-refractivity contribution in [1.82, 2.24) is 10.3 Å². The van der Waals surface area contributed by atoms with Crippen LogP contribution < -0.4 is 10.1 Å². The Labute approximate surface area is 133 Å². The first-order valence-corrected chi connectivity index (χ1v) is 7.09. The van der Waals surface area contributed by atoms with Gasteiger partial charge in [0.15, 0.2) is 6.61 Å². The number of carbonyl (C=O) groups is 1. The van der Waals surface area contributed by atoms with Crippen molar-refractivity contribution in [2.24, 2.45) is 0 Å². The molecule has 0 radical (unpaired) electrons. The second-order valence-corrected chi connectivity index (χ2v) is 5.25. The van der Waals surface area contributed by atoms with Crippen LogP contribution in [0.5, 0.6) is 5.75 Å². The molecule has 0 spiro atoms. The lowest BCUT2D eigenvalue weighted by atomic mass is 10.1. The number of aromatic nitrogens is 1. The van der Waals surface area contributed by atoms with Gasteiger partial charge in [-0.15, -0.1) is 0 Å². The number of nitrogens with one attached hydrogen (secondary N) is 1. The molecule has 0 aliphatic rings. The van der Waals surface area contributed by atoms with Gasteiger partial charge >= 0.3 is 0 Å². The maximum absolute atomic E-state index is 11.8. The molecule has 2 rings (SSSR count). The number of pyridine rings is 1. The van der Waals surface area contributed by atoms with Crippen LogP contribution in [0.3, 0.4) is 0 Å². The number of ether oxygens (including phenoxy) is 1. The van der Waals surface area contributed by atoms with Crippen molar-refractivity contribution in [3.63, 3.8) is 0 Å². The van der Waals surface area contributed by atoms with Crippen molar-refractivity contribution in [2.45, 2.75) is 13.0 Å². The number of nitrogens with zero attached hydrogens (tertiary/aromatic N) is 1. The average molecular weight is 325 g/mol. The van der Waals surface area contributed by atoms with Crippen LogP contribution in [0.2, 0.25) is 10.0 Å². The Kier molecular flexibility index (Phi) is 5.42. The van der Waals surface area contributed by atoms with Crippen LogP contribution in [-0.2, 0) is 4.79 Å². The molecule has 1 N–H and O–H groups in total. The zero-order valence-corrected chi connectivity index (χ0v) is 12.9. The minimum Gasteiger partial charge on any atom is -0.484 e. The summed E-state index contributed by atoms with van der Waals surface area (Å²) in [5.41, 5.74) is 0.980. The highest BCUT2D eigenvalue weighted by molar-refractivity contribution is 6.42. The third-order valence-electron chi connectivity index (χ3n) is 2.84. The van der Waals surface area contributed by atoms with E-state index in [4.69, 9.17) is 27.9 Å². The van der Waals surface area contributed by atoms with Crippen molar-refractivity contribution in [1.29, 1.82) is 0 Å². The van der Waals surface area contributed by atoms with Gasteiger partial charge in [0.05, 0.1) is 16.1 Å². The van der Waals surface area contributed by atoms with Crippen molar-refractivity contribution < 1.29 is 9.53 Å². The molecule has 4 nitrogen and oxygen atoms in total. The molecule has 0 aliphatic heterocycles. The SMILES string of the molecule is CC(NC(=O)COc1ccc(Cl)c(Cl)c1)c1ccncc1. The molecule has 0 aliphatic carbocycles. The molecule has 110 valence electrons. The first kappa shape index (κ1) is 15.6. The van der Waals surface area contributed by atoms with Gasteiger partial charge in [-0.2, -0.15) is 0 Å². The highest BCUT2D eigenvalue weighted by atomic mass is 35.5. The van der Waals surface area contributed by atoms with E-state index in [9.17, 15) is 4.79 Å². The number of hydrogen-bond donors (Lipinski definition) is 1. The number of amides is 1. The molecule has 0 bridgehead atoms. The molecule has 6 heteroatoms. The molecule has 0 fully saturated rings. The first-order valence-electron chi connectivity index (χ1n) is 6.33. The van der Waals surface area contributed by atoms with E-state index in [1.165, 1.54) is 0 Å². The van der Waals surface area contributed by atoms with E-state index in [0.717, 1.165) is 5.56 Å². The molecule has 1 heterocycles. The molecule has 0 saturated heterocycles. The molecule has 1 amide bonds. The van der Waals surface area contributed by atoms with Crippen LogP contribution in [0.4, 0.5) is 0 Å². The van der Waals surface area contributed by atoms with Crippen molar-refractivity contribution >= 4 is 29.1 Å². The van der Waals surface area contributed by atoms with Gasteiger partial charge in [0.2, 0.25) is 0 Å². The number of benzene rings is 1. The van der Waals surface area contributed by atoms with Gasteiger partial charge < -0.3 is 10.1 Å². The monoisotopic (exact) mass is 324 g/mol. The summed E-state index contributed by atoms with van der Waals surface area (Å²) in [5, 5.41) is 3.67. The van der Waals surface area contributed by atoms with Crippen molar-refractivity contribution in [3.8, 4) is 5.75 Å². The van der Waals surface area contributed by atoms with E-state index in [1.54, 1.807) is 30.6 Å². The van der Waals surface area contributed by atoms with E-state index < -0.39 is 0 Å². The Hall–Kier alpha value is -1.78. The van der Waals surface area contributed by atoms with E-state index in [-0.39, 0.29) is 18.6 Å². The zero-order valence-electron chi connectivity index (χ0n) is 11.3. The fourth-order valence-corrected chi connectivity index (χ4v) is 2.02. The third-order valence-corrected chi connectivity index (χ3v) is 3.58. The first-order chi connectivity index (χ1) is 10.1. The third kappa shape index (κ3) is 4.62. The largest absolute Gasteiger partial charge is 0.484 e. The quantitative estimate of drug-likeness (QED) is 0.913. The van der Waals surface area contributed by atoms with Crippen LogP contribution in [0.15, 0.2) is 42.7 Å². The number of rotatable bonds is 5. The minimum absolute atomic E-state index is 0.0899. The summed E-state index contributed by atoms with van der Waals surface area (Å²) in [6.07, 6.45) is 3.37. The molecule has 1 aromatic carbocycles. The van der Waals surface area contributed by atoms with Gasteiger partial charge in [-0.25, -0.2) is 0 Å². The molecule has 1 unspecified atom stereocenters. The van der Waals surface area contributed by atoms with Crippen molar-refractivity contribution in [2.75, 3.05) is 6.61 Å². The Bertz CT molecular complexity index is 620. The van der Waals surface area contributed by atoms with Crippen molar-refractivity contribution in [3.05, 3.63) is 58.3 Å². The molecule has 0 saturated carbocycles. The second kappa shape index (κ2) is 7.29. The summed E-state index contributed by atoms with van der Waals surface area (Å²) in [4.78, 5) is 15.8. The second-order valence-electron chi connectivity index (χ2n) is 4.43. The average Bonchev–Trinajstić information content (AvgIpc) is 2.49. The lowest BCUT2D eigenvalue weighted by molar-refractivity contribution is -0.123. The smallest absolute Gasteiger partial charge is 0.258 e. The summed E-state index contributed by atoms with van der Waals surface area (Å²) in [5.74, 6) is 0.279. The Morgan fingerprint density at radius 2 is 1.95 bits per heavy atom. The summed E-state index contributed by atoms with van der Waals surface area (Å²) in [7, 11) is 0. The van der Waals surface area contributed by atoms with Gasteiger partial charge in [-0.05, 0) is 36.8 Å². The summed E-state index contributed by atoms with van der Waals surface area (Å²) in [6.45, 7) is 1.81. The van der Waals surface area contributed by atoms with Gasteiger partial charge in [0.1, 0.15) is 5.75 Å². The molecule has 2 aromatic rings. The van der Waals surface area contributed by atoms with Crippen LogP contribution in [-0.4, -0.2) is 17.5 Å². The topological polar surface area (TPSA) is 51.2 Å². The molecule has 1 aromatic heterocycles. The molecular weight excluding hydrogens is 311 g/mol. The van der Waals surface area contributed by atoms with Crippen LogP contribution in [0.1, 0.15) is 18.5 Å². The molecular formula is C15H14Cl2N2O2. The van der Waals surface area contributed by atoms with E-state index in [2.05, 4.69) is 10.3 Å². The number of halogens is 2. The Morgan fingerprint density at radius 1 is 1.24 bits per heavy atom. The van der Waals surface area contributed by atoms with E-state index in [0.29, 0.717) is 15.8 Å². The maximum atomic E-state index is 11.8. The zero-order chi connectivity index (χ0) is 15.2. The predicted molar refractivity (Wildman–Crippen MR) is 82.8 cm³/mol. The Morgan fingerprint density at radius 3 is 2.62 bits per heavy atom. The summed E-state index contributed by atoms with van der Waals surface area (Å²) < 4.78 is 5.37. The minimum atomic E-state index is -0.217. The predicted octanol–water partition coefficient (Wildman–Crippen LogP) is 3.64. The molecule has 1 atom stereocenters.